The summed E-state index contributed by atoms with van der Waals surface area (Å²) in [6.07, 6.45) is 4.93. The largest absolute Gasteiger partial charge is 0.504 e. The van der Waals surface area contributed by atoms with E-state index in [-0.39, 0.29) is 11.7 Å². The summed E-state index contributed by atoms with van der Waals surface area (Å²) in [7, 11) is 1.47. The summed E-state index contributed by atoms with van der Waals surface area (Å²) in [6.45, 7) is 0.578. The molecule has 0 aliphatic carbocycles. The maximum absolute atomic E-state index is 12.3. The van der Waals surface area contributed by atoms with E-state index in [2.05, 4.69) is 15.6 Å². The Morgan fingerprint density at radius 1 is 1.31 bits per heavy atom. The quantitative estimate of drug-likeness (QED) is 0.528. The highest BCUT2D eigenvalue weighted by atomic mass is 16.5. The number of carbonyl (C=O) groups is 1. The maximum Gasteiger partial charge on any atom is 0.271 e. The van der Waals surface area contributed by atoms with Crippen LogP contribution in [-0.4, -0.2) is 34.1 Å². The number of hydrazone groups is 1. The minimum atomic E-state index is -0.342. The van der Waals surface area contributed by atoms with Gasteiger partial charge in [0.2, 0.25) is 0 Å². The average molecular weight is 350 g/mol. The highest BCUT2D eigenvalue weighted by Gasteiger charge is 2.07. The fraction of sp³-hybridized carbons (Fsp3) is 0.105. The highest BCUT2D eigenvalue weighted by molar-refractivity contribution is 5.95. The Bertz CT molecular complexity index is 920. The Kier molecular flexibility index (Phi) is 5.28. The molecule has 2 aromatic carbocycles. The predicted octanol–water partition coefficient (Wildman–Crippen LogP) is 2.41. The van der Waals surface area contributed by atoms with Crippen LogP contribution in [0.1, 0.15) is 21.5 Å². The molecule has 0 spiro atoms. The Balaban J connectivity index is 1.67. The van der Waals surface area contributed by atoms with Crippen LogP contribution in [0.25, 0.3) is 0 Å². The standard InChI is InChI=1S/C19H18N4O3/c1-26-17-8-3-7-16(18(17)24)12-20-22-19(25)15-6-2-5-14(11-15)13-23-10-4-9-21-23/h2-12,24H,13H2,1H3,(H,22,25)/b20-12-. The first-order chi connectivity index (χ1) is 12.7. The fourth-order valence-electron chi connectivity index (χ4n) is 2.43. The molecule has 3 rings (SSSR count). The molecular formula is C19H18N4O3. The van der Waals surface area contributed by atoms with Crippen molar-refractivity contribution in [3.8, 4) is 11.5 Å². The lowest BCUT2D eigenvalue weighted by atomic mass is 10.1. The number of benzene rings is 2. The number of ether oxygens (including phenoxy) is 1. The molecule has 0 bridgehead atoms. The van der Waals surface area contributed by atoms with Crippen LogP contribution in [-0.2, 0) is 6.54 Å². The van der Waals surface area contributed by atoms with E-state index in [1.54, 1.807) is 41.2 Å². The van der Waals surface area contributed by atoms with Gasteiger partial charge in [0.25, 0.3) is 5.91 Å². The predicted molar refractivity (Wildman–Crippen MR) is 97.5 cm³/mol. The first-order valence-electron chi connectivity index (χ1n) is 7.93. The third-order valence-electron chi connectivity index (χ3n) is 3.71. The first kappa shape index (κ1) is 17.2. The van der Waals surface area contributed by atoms with Gasteiger partial charge < -0.3 is 9.84 Å². The lowest BCUT2D eigenvalue weighted by Crippen LogP contribution is -2.18. The number of phenolic OH excluding ortho intramolecular Hbond substituents is 1. The lowest BCUT2D eigenvalue weighted by molar-refractivity contribution is 0.0955. The van der Waals surface area contributed by atoms with Crippen LogP contribution in [0.15, 0.2) is 66.0 Å². The molecule has 1 aromatic heterocycles. The normalized spacial score (nSPS) is 10.8. The number of carbonyl (C=O) groups excluding carboxylic acids is 1. The van der Waals surface area contributed by atoms with Gasteiger partial charge in [0.15, 0.2) is 11.5 Å². The Morgan fingerprint density at radius 2 is 2.15 bits per heavy atom. The van der Waals surface area contributed by atoms with Crippen LogP contribution in [0.5, 0.6) is 11.5 Å². The molecule has 0 unspecified atom stereocenters. The fourth-order valence-corrected chi connectivity index (χ4v) is 2.43. The van der Waals surface area contributed by atoms with Gasteiger partial charge in [-0.15, -0.1) is 0 Å². The summed E-state index contributed by atoms with van der Waals surface area (Å²) in [5, 5.41) is 18.0. The monoisotopic (exact) mass is 350 g/mol. The molecular weight excluding hydrogens is 332 g/mol. The smallest absolute Gasteiger partial charge is 0.271 e. The number of amides is 1. The molecule has 0 atom stereocenters. The number of aromatic hydroxyl groups is 1. The third kappa shape index (κ3) is 4.07. The SMILES string of the molecule is COc1cccc(/C=N\NC(=O)c2cccc(Cn3cccn3)c2)c1O. The van der Waals surface area contributed by atoms with E-state index in [1.165, 1.54) is 13.3 Å². The van der Waals surface area contributed by atoms with Crippen molar-refractivity contribution in [2.75, 3.05) is 7.11 Å². The molecule has 0 fully saturated rings. The Morgan fingerprint density at radius 3 is 2.92 bits per heavy atom. The zero-order chi connectivity index (χ0) is 18.4. The van der Waals surface area contributed by atoms with Crippen LogP contribution >= 0.6 is 0 Å². The molecule has 26 heavy (non-hydrogen) atoms. The van der Waals surface area contributed by atoms with Crippen molar-refractivity contribution in [3.05, 3.63) is 77.6 Å². The van der Waals surface area contributed by atoms with Gasteiger partial charge >= 0.3 is 0 Å². The molecule has 1 heterocycles. The van der Waals surface area contributed by atoms with Crippen LogP contribution in [0.3, 0.4) is 0 Å². The second-order valence-electron chi connectivity index (χ2n) is 5.50. The van der Waals surface area contributed by atoms with E-state index in [0.29, 0.717) is 23.4 Å². The van der Waals surface area contributed by atoms with Crippen LogP contribution < -0.4 is 10.2 Å². The minimum Gasteiger partial charge on any atom is -0.504 e. The summed E-state index contributed by atoms with van der Waals surface area (Å²) in [5.74, 6) is -0.0354. The van der Waals surface area contributed by atoms with Crippen molar-refractivity contribution < 1.29 is 14.6 Å². The van der Waals surface area contributed by atoms with Gasteiger partial charge in [0.1, 0.15) is 0 Å². The average Bonchev–Trinajstić information content (AvgIpc) is 3.16. The molecule has 3 aromatic rings. The number of aromatic nitrogens is 2. The maximum atomic E-state index is 12.3. The molecule has 132 valence electrons. The van der Waals surface area contributed by atoms with Gasteiger partial charge in [-0.1, -0.05) is 18.2 Å². The summed E-state index contributed by atoms with van der Waals surface area (Å²) in [5.41, 5.74) is 4.34. The van der Waals surface area contributed by atoms with E-state index < -0.39 is 0 Å². The van der Waals surface area contributed by atoms with Gasteiger partial charge in [-0.05, 0) is 35.9 Å². The second kappa shape index (κ2) is 7.98. The van der Waals surface area contributed by atoms with Crippen molar-refractivity contribution in [2.24, 2.45) is 5.10 Å². The van der Waals surface area contributed by atoms with Crippen LogP contribution in [0.4, 0.5) is 0 Å². The van der Waals surface area contributed by atoms with Crippen molar-refractivity contribution >= 4 is 12.1 Å². The van der Waals surface area contributed by atoms with E-state index in [1.807, 2.05) is 24.4 Å². The Hall–Kier alpha value is -3.61. The minimum absolute atomic E-state index is 0.0331. The number of methoxy groups -OCH3 is 1. The van der Waals surface area contributed by atoms with Gasteiger partial charge in [-0.25, -0.2) is 5.43 Å². The highest BCUT2D eigenvalue weighted by Crippen LogP contribution is 2.27. The van der Waals surface area contributed by atoms with E-state index >= 15 is 0 Å². The second-order valence-corrected chi connectivity index (χ2v) is 5.50. The Labute approximate surface area is 150 Å². The van der Waals surface area contributed by atoms with Crippen LogP contribution in [0, 0.1) is 0 Å². The molecule has 0 radical (unpaired) electrons. The van der Waals surface area contributed by atoms with Crippen molar-refractivity contribution in [2.45, 2.75) is 6.54 Å². The molecule has 0 aliphatic heterocycles. The van der Waals surface area contributed by atoms with Gasteiger partial charge in [0, 0.05) is 23.5 Å². The van der Waals surface area contributed by atoms with Crippen LogP contribution in [0.2, 0.25) is 0 Å². The van der Waals surface area contributed by atoms with E-state index in [9.17, 15) is 9.90 Å². The van der Waals surface area contributed by atoms with Gasteiger partial charge in [-0.2, -0.15) is 10.2 Å². The molecule has 0 aliphatic rings. The number of rotatable bonds is 6. The number of para-hydroxylation sites is 1. The number of hydrogen-bond acceptors (Lipinski definition) is 5. The van der Waals surface area contributed by atoms with E-state index in [4.69, 9.17) is 4.74 Å². The van der Waals surface area contributed by atoms with Crippen molar-refractivity contribution in [1.82, 2.24) is 15.2 Å². The molecule has 2 N–H and O–H groups in total. The number of phenols is 1. The number of nitrogens with one attached hydrogen (secondary N) is 1. The van der Waals surface area contributed by atoms with Gasteiger partial charge in [-0.3, -0.25) is 9.48 Å². The molecule has 1 amide bonds. The molecule has 0 saturated carbocycles. The van der Waals surface area contributed by atoms with Crippen molar-refractivity contribution in [1.29, 1.82) is 0 Å². The number of hydrogen-bond donors (Lipinski definition) is 2. The lowest BCUT2D eigenvalue weighted by Gasteiger charge is -2.06. The topological polar surface area (TPSA) is 88.7 Å². The zero-order valence-corrected chi connectivity index (χ0v) is 14.2. The van der Waals surface area contributed by atoms with Crippen molar-refractivity contribution in [3.63, 3.8) is 0 Å². The first-order valence-corrected chi connectivity index (χ1v) is 7.93. The summed E-state index contributed by atoms with van der Waals surface area (Å²) in [4.78, 5) is 12.3. The summed E-state index contributed by atoms with van der Waals surface area (Å²) >= 11 is 0. The molecule has 0 saturated heterocycles. The van der Waals surface area contributed by atoms with E-state index in [0.717, 1.165) is 5.56 Å². The summed E-state index contributed by atoms with van der Waals surface area (Å²) < 4.78 is 6.81. The molecule has 7 nitrogen and oxygen atoms in total. The zero-order valence-electron chi connectivity index (χ0n) is 14.2. The summed E-state index contributed by atoms with van der Waals surface area (Å²) in [6, 6.07) is 14.1. The third-order valence-corrected chi connectivity index (χ3v) is 3.71. The molecule has 7 heteroatoms. The van der Waals surface area contributed by atoms with Gasteiger partial charge in [0.05, 0.1) is 19.9 Å². The number of nitrogens with zero attached hydrogens (tertiary/aromatic N) is 3.